The highest BCUT2D eigenvalue weighted by atomic mass is 32.2. The van der Waals surface area contributed by atoms with Gasteiger partial charge in [-0.2, -0.15) is 9.78 Å². The highest BCUT2D eigenvalue weighted by molar-refractivity contribution is 7.99. The normalized spacial score (nSPS) is 12.9. The minimum atomic E-state index is 0.225. The summed E-state index contributed by atoms with van der Waals surface area (Å²) in [4.78, 5) is 4.58. The van der Waals surface area contributed by atoms with E-state index in [1.807, 2.05) is 55.5 Å². The Morgan fingerprint density at radius 3 is 2.53 bits per heavy atom. The molecule has 3 heterocycles. The van der Waals surface area contributed by atoms with Gasteiger partial charge in [-0.1, -0.05) is 11.8 Å². The first-order valence-electron chi connectivity index (χ1n) is 10.0. The van der Waals surface area contributed by atoms with E-state index in [9.17, 15) is 0 Å². The number of nitrogens with zero attached hydrogens (tertiary/aromatic N) is 5. The van der Waals surface area contributed by atoms with Crippen LogP contribution in [-0.2, 0) is 6.61 Å². The van der Waals surface area contributed by atoms with Crippen LogP contribution < -0.4 is 14.2 Å². The quantitative estimate of drug-likeness (QED) is 0.440. The minimum Gasteiger partial charge on any atom is -0.497 e. The number of thioether (sulfide) groups is 1. The predicted octanol–water partition coefficient (Wildman–Crippen LogP) is 4.09. The monoisotopic (exact) mass is 447 g/mol. The van der Waals surface area contributed by atoms with Crippen molar-refractivity contribution in [1.82, 2.24) is 19.9 Å². The van der Waals surface area contributed by atoms with Gasteiger partial charge in [-0.15, -0.1) is 10.2 Å². The van der Waals surface area contributed by atoms with E-state index in [0.717, 1.165) is 50.3 Å². The zero-order valence-electron chi connectivity index (χ0n) is 17.9. The Balaban J connectivity index is 1.43. The molecular weight excluding hydrogens is 426 g/mol. The lowest BCUT2D eigenvalue weighted by molar-refractivity contribution is 0.293. The van der Waals surface area contributed by atoms with E-state index >= 15 is 0 Å². The van der Waals surface area contributed by atoms with E-state index in [1.54, 1.807) is 30.7 Å². The molecule has 0 fully saturated rings. The summed E-state index contributed by atoms with van der Waals surface area (Å²) < 4.78 is 18.5. The lowest BCUT2D eigenvalue weighted by Crippen LogP contribution is -2.15. The van der Waals surface area contributed by atoms with E-state index in [-0.39, 0.29) is 6.61 Å². The van der Waals surface area contributed by atoms with E-state index < -0.39 is 0 Å². The Hall–Kier alpha value is -3.59. The maximum atomic E-state index is 6.17. The second-order valence-corrected chi connectivity index (χ2v) is 8.15. The van der Waals surface area contributed by atoms with Crippen LogP contribution in [0.3, 0.4) is 0 Å². The summed E-state index contributed by atoms with van der Waals surface area (Å²) in [7, 11) is 3.30. The number of rotatable bonds is 6. The van der Waals surface area contributed by atoms with Crippen LogP contribution in [0.2, 0.25) is 0 Å². The standard InChI is InChI=1S/C23H21N5O3S/c1-14-10-21(18-11-17(30-3)8-9-19(18)24-14)31-12-22-25-26-23-28(22)27-20(13-32-23)15-4-6-16(29-2)7-5-15/h4-11H,12-13H2,1-3H3. The number of benzene rings is 2. The highest BCUT2D eigenvalue weighted by Crippen LogP contribution is 2.30. The van der Waals surface area contributed by atoms with Crippen molar-refractivity contribution in [3.05, 3.63) is 65.6 Å². The molecule has 0 bridgehead atoms. The number of aryl methyl sites for hydroxylation is 1. The first kappa shape index (κ1) is 20.3. The summed E-state index contributed by atoms with van der Waals surface area (Å²) in [6.45, 7) is 2.17. The molecule has 0 aliphatic carbocycles. The van der Waals surface area contributed by atoms with Gasteiger partial charge in [0.25, 0.3) is 0 Å². The summed E-state index contributed by atoms with van der Waals surface area (Å²) in [5.74, 6) is 3.63. The lowest BCUT2D eigenvalue weighted by atomic mass is 10.1. The molecular formula is C23H21N5O3S. The van der Waals surface area contributed by atoms with Crippen molar-refractivity contribution in [3.8, 4) is 17.2 Å². The topological polar surface area (TPSA) is 83.7 Å². The van der Waals surface area contributed by atoms with Gasteiger partial charge in [0.05, 0.1) is 25.4 Å². The van der Waals surface area contributed by atoms with Crippen molar-refractivity contribution >= 4 is 28.4 Å². The zero-order valence-corrected chi connectivity index (χ0v) is 18.7. The molecule has 1 aliphatic rings. The molecule has 0 saturated heterocycles. The van der Waals surface area contributed by atoms with Crippen LogP contribution in [0.15, 0.2) is 58.8 Å². The molecule has 0 saturated carbocycles. The molecule has 0 radical (unpaired) electrons. The molecule has 0 unspecified atom stereocenters. The van der Waals surface area contributed by atoms with Crippen molar-refractivity contribution in [2.75, 3.05) is 20.0 Å². The summed E-state index contributed by atoms with van der Waals surface area (Å²) in [5.41, 5.74) is 3.70. The Morgan fingerprint density at radius 1 is 0.969 bits per heavy atom. The van der Waals surface area contributed by atoms with E-state index in [2.05, 4.69) is 15.2 Å². The molecule has 4 aromatic rings. The number of fused-ring (bicyclic) bond motifs is 2. The van der Waals surface area contributed by atoms with Crippen molar-refractivity contribution in [2.45, 2.75) is 18.7 Å². The van der Waals surface area contributed by atoms with Gasteiger partial charge >= 0.3 is 0 Å². The Bertz CT molecular complexity index is 1320. The van der Waals surface area contributed by atoms with Crippen LogP contribution in [0.25, 0.3) is 10.9 Å². The predicted molar refractivity (Wildman–Crippen MR) is 123 cm³/mol. The van der Waals surface area contributed by atoms with Crippen molar-refractivity contribution < 1.29 is 14.2 Å². The second-order valence-electron chi connectivity index (χ2n) is 7.21. The molecule has 0 spiro atoms. The van der Waals surface area contributed by atoms with Gasteiger partial charge < -0.3 is 14.2 Å². The smallest absolute Gasteiger partial charge is 0.212 e. The fourth-order valence-corrected chi connectivity index (χ4v) is 4.33. The van der Waals surface area contributed by atoms with Gasteiger partial charge in [-0.05, 0) is 55.0 Å². The SMILES string of the molecule is COc1ccc(C2=Nn3c(COc4cc(C)nc5ccc(OC)cc45)nnc3SC2)cc1. The number of hydrogen-bond acceptors (Lipinski definition) is 8. The van der Waals surface area contributed by atoms with Crippen LogP contribution in [0, 0.1) is 6.92 Å². The maximum Gasteiger partial charge on any atom is 0.212 e. The van der Waals surface area contributed by atoms with E-state index in [4.69, 9.17) is 19.3 Å². The van der Waals surface area contributed by atoms with Gasteiger partial charge in [-0.3, -0.25) is 4.98 Å². The van der Waals surface area contributed by atoms with Crippen molar-refractivity contribution in [3.63, 3.8) is 0 Å². The molecule has 9 heteroatoms. The molecule has 2 aromatic carbocycles. The largest absolute Gasteiger partial charge is 0.497 e. The minimum absolute atomic E-state index is 0.225. The first-order valence-corrected chi connectivity index (χ1v) is 11.0. The van der Waals surface area contributed by atoms with Gasteiger partial charge in [0.15, 0.2) is 5.82 Å². The molecule has 5 rings (SSSR count). The fraction of sp³-hybridized carbons (Fsp3) is 0.217. The molecule has 8 nitrogen and oxygen atoms in total. The molecule has 32 heavy (non-hydrogen) atoms. The Kier molecular flexibility index (Phi) is 5.40. The number of aromatic nitrogens is 4. The maximum absolute atomic E-state index is 6.17. The third-order valence-corrected chi connectivity index (χ3v) is 6.05. The van der Waals surface area contributed by atoms with Crippen LogP contribution in [0.5, 0.6) is 17.2 Å². The number of pyridine rings is 1. The number of methoxy groups -OCH3 is 2. The summed E-state index contributed by atoms with van der Waals surface area (Å²) in [6.07, 6.45) is 0. The van der Waals surface area contributed by atoms with Crippen molar-refractivity contribution in [1.29, 1.82) is 0 Å². The molecule has 1 aliphatic heterocycles. The molecule has 0 atom stereocenters. The van der Waals surface area contributed by atoms with E-state index in [1.165, 1.54) is 0 Å². The highest BCUT2D eigenvalue weighted by Gasteiger charge is 2.20. The van der Waals surface area contributed by atoms with Gasteiger partial charge in [0.2, 0.25) is 5.16 Å². The zero-order chi connectivity index (χ0) is 22.1. The van der Waals surface area contributed by atoms with Gasteiger partial charge in [0.1, 0.15) is 23.9 Å². The lowest BCUT2D eigenvalue weighted by Gasteiger charge is -2.15. The molecule has 162 valence electrons. The summed E-state index contributed by atoms with van der Waals surface area (Å²) in [6, 6.07) is 15.5. The number of hydrogen-bond donors (Lipinski definition) is 0. The van der Waals surface area contributed by atoms with E-state index in [0.29, 0.717) is 11.6 Å². The third-order valence-electron chi connectivity index (χ3n) is 5.12. The third kappa shape index (κ3) is 3.87. The molecule has 2 aromatic heterocycles. The van der Waals surface area contributed by atoms with Gasteiger partial charge in [-0.25, -0.2) is 0 Å². The fourth-order valence-electron chi connectivity index (χ4n) is 3.47. The van der Waals surface area contributed by atoms with Crippen LogP contribution in [0.1, 0.15) is 17.1 Å². The molecule has 0 N–H and O–H groups in total. The van der Waals surface area contributed by atoms with Crippen LogP contribution in [-0.4, -0.2) is 45.5 Å². The molecule has 0 amide bonds. The summed E-state index contributed by atoms with van der Waals surface area (Å²) >= 11 is 1.60. The first-order chi connectivity index (χ1) is 15.6. The number of ether oxygens (including phenoxy) is 3. The second kappa shape index (κ2) is 8.51. The summed E-state index contributed by atoms with van der Waals surface area (Å²) in [5, 5.41) is 15.0. The van der Waals surface area contributed by atoms with Crippen molar-refractivity contribution in [2.24, 2.45) is 5.10 Å². The average Bonchev–Trinajstić information content (AvgIpc) is 3.24. The Morgan fingerprint density at radius 2 is 1.75 bits per heavy atom. The Labute approximate surface area is 189 Å². The van der Waals surface area contributed by atoms with Gasteiger partial charge in [0, 0.05) is 22.9 Å². The van der Waals surface area contributed by atoms with Crippen LogP contribution >= 0.6 is 11.8 Å². The average molecular weight is 448 g/mol. The van der Waals surface area contributed by atoms with Crippen LogP contribution in [0.4, 0.5) is 0 Å².